The van der Waals surface area contributed by atoms with Crippen LogP contribution in [0.15, 0.2) is 0 Å². The smallest absolute Gasteiger partial charge is 0.229 e. The van der Waals surface area contributed by atoms with Crippen molar-refractivity contribution in [1.82, 2.24) is 4.90 Å². The number of hydrogen-bond acceptors (Lipinski definition) is 3. The number of rotatable bonds is 3. The molecule has 15 heavy (non-hydrogen) atoms. The lowest BCUT2D eigenvalue weighted by molar-refractivity contribution is -0.153. The Morgan fingerprint density at radius 2 is 1.87 bits per heavy atom. The highest BCUT2D eigenvalue weighted by molar-refractivity contribution is 5.98. The zero-order valence-electron chi connectivity index (χ0n) is 9.11. The molecule has 0 bridgehead atoms. The Balaban J connectivity index is 2.11. The van der Waals surface area contributed by atoms with Gasteiger partial charge in [-0.2, -0.15) is 0 Å². The molecule has 2 N–H and O–H groups in total. The first kappa shape index (κ1) is 10.6. The van der Waals surface area contributed by atoms with Crippen LogP contribution in [0.4, 0.5) is 0 Å². The first-order valence-electron chi connectivity index (χ1n) is 5.68. The number of hydrogen-bond donors (Lipinski definition) is 1. The largest absolute Gasteiger partial charge is 0.328 e. The zero-order chi connectivity index (χ0) is 11.0. The molecule has 1 aliphatic carbocycles. The molecule has 1 unspecified atom stereocenters. The van der Waals surface area contributed by atoms with E-state index in [-0.39, 0.29) is 23.8 Å². The number of carbonyl (C=O) groups is 2. The summed E-state index contributed by atoms with van der Waals surface area (Å²) in [4.78, 5) is 25.0. The molecule has 0 aromatic carbocycles. The van der Waals surface area contributed by atoms with Crippen molar-refractivity contribution < 1.29 is 9.59 Å². The van der Waals surface area contributed by atoms with E-state index < -0.39 is 0 Å². The minimum atomic E-state index is -0.0301. The Hall–Kier alpha value is -0.900. The first-order valence-corrected chi connectivity index (χ1v) is 5.68. The van der Waals surface area contributed by atoms with Gasteiger partial charge in [0.15, 0.2) is 0 Å². The van der Waals surface area contributed by atoms with E-state index in [0.29, 0.717) is 25.3 Å². The average Bonchev–Trinajstić information content (AvgIpc) is 2.94. The quantitative estimate of drug-likeness (QED) is 0.690. The van der Waals surface area contributed by atoms with Crippen molar-refractivity contribution in [3.8, 4) is 0 Å². The Morgan fingerprint density at radius 1 is 1.33 bits per heavy atom. The number of amides is 2. The third-order valence-corrected chi connectivity index (χ3v) is 3.32. The van der Waals surface area contributed by atoms with Gasteiger partial charge in [-0.15, -0.1) is 0 Å². The van der Waals surface area contributed by atoms with Crippen LogP contribution in [0.1, 0.15) is 32.6 Å². The van der Waals surface area contributed by atoms with Crippen molar-refractivity contribution in [2.45, 2.75) is 38.6 Å². The number of nitrogens with zero attached hydrogens (tertiary/aromatic N) is 1. The van der Waals surface area contributed by atoms with Crippen LogP contribution in [0.5, 0.6) is 0 Å². The molecule has 1 heterocycles. The fourth-order valence-electron chi connectivity index (χ4n) is 2.36. The van der Waals surface area contributed by atoms with E-state index in [0.717, 1.165) is 12.8 Å². The van der Waals surface area contributed by atoms with Crippen LogP contribution < -0.4 is 5.73 Å². The maximum absolute atomic E-state index is 11.8. The van der Waals surface area contributed by atoms with Gasteiger partial charge in [0.2, 0.25) is 11.8 Å². The zero-order valence-corrected chi connectivity index (χ0v) is 9.11. The molecule has 2 amide bonds. The maximum Gasteiger partial charge on any atom is 0.229 e. The summed E-state index contributed by atoms with van der Waals surface area (Å²) in [6.45, 7) is 2.36. The molecule has 2 fully saturated rings. The standard InChI is InChI=1S/C11H18N2O2/c1-7-4-10(14)13(11(15)5-7)9(6-12)8-2-3-8/h7-9H,2-6,12H2,1H3. The Kier molecular flexibility index (Phi) is 2.78. The van der Waals surface area contributed by atoms with Gasteiger partial charge in [-0.3, -0.25) is 14.5 Å². The van der Waals surface area contributed by atoms with Gasteiger partial charge in [0.1, 0.15) is 0 Å². The van der Waals surface area contributed by atoms with Gasteiger partial charge in [0.05, 0.1) is 6.04 Å². The minimum Gasteiger partial charge on any atom is -0.328 e. The van der Waals surface area contributed by atoms with E-state index in [9.17, 15) is 9.59 Å². The van der Waals surface area contributed by atoms with E-state index in [4.69, 9.17) is 5.73 Å². The average molecular weight is 210 g/mol. The summed E-state index contributed by atoms with van der Waals surface area (Å²) in [5, 5.41) is 0. The number of nitrogens with two attached hydrogens (primary N) is 1. The number of likely N-dealkylation sites (tertiary alicyclic amines) is 1. The fourth-order valence-corrected chi connectivity index (χ4v) is 2.36. The summed E-state index contributed by atoms with van der Waals surface area (Å²) < 4.78 is 0. The summed E-state index contributed by atoms with van der Waals surface area (Å²) >= 11 is 0. The monoisotopic (exact) mass is 210 g/mol. The van der Waals surface area contributed by atoms with Crippen molar-refractivity contribution >= 4 is 11.8 Å². The van der Waals surface area contributed by atoms with Crippen molar-refractivity contribution in [3.05, 3.63) is 0 Å². The molecule has 0 aromatic rings. The highest BCUT2D eigenvalue weighted by Gasteiger charge is 2.41. The summed E-state index contributed by atoms with van der Waals surface area (Å²) in [7, 11) is 0. The van der Waals surface area contributed by atoms with E-state index in [1.807, 2.05) is 6.92 Å². The molecule has 4 nitrogen and oxygen atoms in total. The van der Waals surface area contributed by atoms with E-state index in [2.05, 4.69) is 0 Å². The third kappa shape index (κ3) is 2.04. The molecule has 1 aliphatic heterocycles. The molecule has 2 aliphatic rings. The number of imide groups is 1. The molecule has 1 saturated heterocycles. The van der Waals surface area contributed by atoms with Crippen molar-refractivity contribution in [3.63, 3.8) is 0 Å². The molecule has 0 aromatic heterocycles. The Morgan fingerprint density at radius 3 is 2.27 bits per heavy atom. The van der Waals surface area contributed by atoms with Gasteiger partial charge in [0.25, 0.3) is 0 Å². The van der Waals surface area contributed by atoms with Crippen molar-refractivity contribution in [2.24, 2.45) is 17.6 Å². The SMILES string of the molecule is CC1CC(=O)N(C(CN)C2CC2)C(=O)C1. The van der Waals surface area contributed by atoms with Crippen LogP contribution in [-0.4, -0.2) is 29.3 Å². The molecule has 2 rings (SSSR count). The van der Waals surface area contributed by atoms with Crippen LogP contribution in [0.25, 0.3) is 0 Å². The lowest BCUT2D eigenvalue weighted by Gasteiger charge is -2.34. The first-order chi connectivity index (χ1) is 7.13. The second-order valence-corrected chi connectivity index (χ2v) is 4.81. The fraction of sp³-hybridized carbons (Fsp3) is 0.818. The van der Waals surface area contributed by atoms with E-state index >= 15 is 0 Å². The van der Waals surface area contributed by atoms with E-state index in [1.54, 1.807) is 0 Å². The van der Waals surface area contributed by atoms with Gasteiger partial charge < -0.3 is 5.73 Å². The van der Waals surface area contributed by atoms with Gasteiger partial charge in [-0.05, 0) is 24.7 Å². The molecule has 1 saturated carbocycles. The highest BCUT2D eigenvalue weighted by Crippen LogP contribution is 2.36. The lowest BCUT2D eigenvalue weighted by Crippen LogP contribution is -2.52. The summed E-state index contributed by atoms with van der Waals surface area (Å²) in [6, 6.07) is -0.0301. The molecule has 0 spiro atoms. The molecular formula is C11H18N2O2. The van der Waals surface area contributed by atoms with E-state index in [1.165, 1.54) is 4.90 Å². The predicted octanol–water partition coefficient (Wildman–Crippen LogP) is 0.509. The Labute approximate surface area is 89.8 Å². The summed E-state index contributed by atoms with van der Waals surface area (Å²) in [5.74, 6) is 0.609. The molecule has 1 atom stereocenters. The second-order valence-electron chi connectivity index (χ2n) is 4.81. The molecule has 0 radical (unpaired) electrons. The highest BCUT2D eigenvalue weighted by atomic mass is 16.2. The lowest BCUT2D eigenvalue weighted by atomic mass is 9.95. The summed E-state index contributed by atoms with van der Waals surface area (Å²) in [5.41, 5.74) is 5.66. The van der Waals surface area contributed by atoms with Crippen LogP contribution >= 0.6 is 0 Å². The van der Waals surface area contributed by atoms with Crippen LogP contribution in [0.2, 0.25) is 0 Å². The van der Waals surface area contributed by atoms with Crippen LogP contribution in [0.3, 0.4) is 0 Å². The molecule has 84 valence electrons. The number of piperidine rings is 1. The topological polar surface area (TPSA) is 63.4 Å². The minimum absolute atomic E-state index is 0.0268. The van der Waals surface area contributed by atoms with Crippen LogP contribution in [0, 0.1) is 11.8 Å². The van der Waals surface area contributed by atoms with Gasteiger partial charge in [0, 0.05) is 19.4 Å². The van der Waals surface area contributed by atoms with Crippen molar-refractivity contribution in [2.75, 3.05) is 6.54 Å². The van der Waals surface area contributed by atoms with Gasteiger partial charge in [-0.1, -0.05) is 6.92 Å². The predicted molar refractivity (Wildman–Crippen MR) is 55.8 cm³/mol. The number of carbonyl (C=O) groups excluding carboxylic acids is 2. The maximum atomic E-state index is 11.8. The summed E-state index contributed by atoms with van der Waals surface area (Å²) in [6.07, 6.45) is 3.20. The van der Waals surface area contributed by atoms with Gasteiger partial charge in [-0.25, -0.2) is 0 Å². The molecular weight excluding hydrogens is 192 g/mol. The van der Waals surface area contributed by atoms with Crippen molar-refractivity contribution in [1.29, 1.82) is 0 Å². The third-order valence-electron chi connectivity index (χ3n) is 3.32. The second kappa shape index (κ2) is 3.93. The van der Waals surface area contributed by atoms with Crippen LogP contribution in [-0.2, 0) is 9.59 Å². The van der Waals surface area contributed by atoms with Gasteiger partial charge >= 0.3 is 0 Å². The molecule has 4 heteroatoms. The Bertz CT molecular complexity index is 268. The normalized spacial score (nSPS) is 25.9.